The van der Waals surface area contributed by atoms with Gasteiger partial charge in [0.1, 0.15) is 0 Å². The first-order chi connectivity index (χ1) is 8.89. The molecule has 1 rings (SSSR count). The largest absolute Gasteiger partial charge is 0.399 e. The van der Waals surface area contributed by atoms with Crippen LogP contribution in [0.25, 0.3) is 0 Å². The number of sulfonamides is 1. The van der Waals surface area contributed by atoms with Gasteiger partial charge in [-0.1, -0.05) is 12.1 Å². The molecule has 108 valence electrons. The molecule has 1 aromatic rings. The Labute approximate surface area is 115 Å². The quantitative estimate of drug-likeness (QED) is 0.552. The summed E-state index contributed by atoms with van der Waals surface area (Å²) in [4.78, 5) is 2.08. The van der Waals surface area contributed by atoms with Crippen LogP contribution in [0.3, 0.4) is 0 Å². The first-order valence-corrected chi connectivity index (χ1v) is 8.01. The molecule has 0 aliphatic heterocycles. The highest BCUT2D eigenvalue weighted by Crippen LogP contribution is 2.09. The van der Waals surface area contributed by atoms with Crippen molar-refractivity contribution in [1.82, 2.24) is 9.62 Å². The van der Waals surface area contributed by atoms with Gasteiger partial charge in [0.25, 0.3) is 0 Å². The second-order valence-electron chi connectivity index (χ2n) is 4.91. The molecule has 1 aromatic carbocycles. The van der Waals surface area contributed by atoms with E-state index in [2.05, 4.69) is 9.62 Å². The fourth-order valence-corrected chi connectivity index (χ4v) is 2.91. The summed E-state index contributed by atoms with van der Waals surface area (Å²) in [5.74, 6) is -0.0221. The van der Waals surface area contributed by atoms with Gasteiger partial charge in [-0.3, -0.25) is 0 Å². The summed E-state index contributed by atoms with van der Waals surface area (Å²) in [6.45, 7) is 1.45. The number of nitrogen functional groups attached to an aromatic ring is 1. The highest BCUT2D eigenvalue weighted by molar-refractivity contribution is 7.88. The second-order valence-corrected chi connectivity index (χ2v) is 6.72. The van der Waals surface area contributed by atoms with Gasteiger partial charge in [0, 0.05) is 12.2 Å². The summed E-state index contributed by atoms with van der Waals surface area (Å²) >= 11 is 0. The summed E-state index contributed by atoms with van der Waals surface area (Å²) in [6.07, 6.45) is 1.82. The monoisotopic (exact) mass is 285 g/mol. The van der Waals surface area contributed by atoms with Crippen LogP contribution >= 0.6 is 0 Å². The van der Waals surface area contributed by atoms with Crippen molar-refractivity contribution in [2.75, 3.05) is 32.9 Å². The molecule has 0 amide bonds. The molecule has 0 bridgehead atoms. The van der Waals surface area contributed by atoms with Crippen LogP contribution in [0.15, 0.2) is 24.3 Å². The summed E-state index contributed by atoms with van der Waals surface area (Å²) in [5, 5.41) is 0. The van der Waals surface area contributed by atoms with E-state index in [4.69, 9.17) is 5.73 Å². The average Bonchev–Trinajstić information content (AvgIpc) is 2.27. The number of hydrogen-bond acceptors (Lipinski definition) is 4. The number of nitrogens with one attached hydrogen (secondary N) is 1. The minimum atomic E-state index is -3.27. The van der Waals surface area contributed by atoms with Crippen LogP contribution in [0.1, 0.15) is 18.4 Å². The highest BCUT2D eigenvalue weighted by Gasteiger charge is 2.10. The summed E-state index contributed by atoms with van der Waals surface area (Å²) < 4.78 is 26.3. The van der Waals surface area contributed by atoms with Crippen LogP contribution < -0.4 is 10.5 Å². The molecular formula is C13H23N3O2S. The molecule has 6 heteroatoms. The van der Waals surface area contributed by atoms with Crippen molar-refractivity contribution in [3.8, 4) is 0 Å². The molecule has 0 heterocycles. The molecule has 0 radical (unpaired) electrons. The molecule has 0 aliphatic rings. The van der Waals surface area contributed by atoms with E-state index in [1.807, 2.05) is 14.1 Å². The predicted molar refractivity (Wildman–Crippen MR) is 79.3 cm³/mol. The molecule has 19 heavy (non-hydrogen) atoms. The Hall–Kier alpha value is -1.11. The SMILES string of the molecule is CN(C)CCCCNS(=O)(=O)Cc1cccc(N)c1. The summed E-state index contributed by atoms with van der Waals surface area (Å²) in [7, 11) is 0.737. The van der Waals surface area contributed by atoms with E-state index >= 15 is 0 Å². The molecule has 0 spiro atoms. The van der Waals surface area contributed by atoms with E-state index in [9.17, 15) is 8.42 Å². The number of benzene rings is 1. The van der Waals surface area contributed by atoms with Crippen molar-refractivity contribution in [1.29, 1.82) is 0 Å². The van der Waals surface area contributed by atoms with E-state index in [1.54, 1.807) is 24.3 Å². The van der Waals surface area contributed by atoms with Crippen LogP contribution in [-0.2, 0) is 15.8 Å². The Balaban J connectivity index is 2.36. The first kappa shape index (κ1) is 15.9. The van der Waals surface area contributed by atoms with Crippen LogP contribution in [0, 0.1) is 0 Å². The molecular weight excluding hydrogens is 262 g/mol. The van der Waals surface area contributed by atoms with E-state index in [-0.39, 0.29) is 5.75 Å². The Bertz CT molecular complexity index is 486. The third-order valence-corrected chi connectivity index (χ3v) is 4.02. The molecule has 0 aromatic heterocycles. The minimum Gasteiger partial charge on any atom is -0.399 e. The number of unbranched alkanes of at least 4 members (excludes halogenated alkanes) is 1. The maximum absolute atomic E-state index is 11.8. The Kier molecular flexibility index (Phi) is 6.27. The van der Waals surface area contributed by atoms with Gasteiger partial charge in [-0.25, -0.2) is 13.1 Å². The standard InChI is InChI=1S/C13H23N3O2S/c1-16(2)9-4-3-8-15-19(17,18)11-12-6-5-7-13(14)10-12/h5-7,10,15H,3-4,8-9,11,14H2,1-2H3. The van der Waals surface area contributed by atoms with E-state index < -0.39 is 10.0 Å². The van der Waals surface area contributed by atoms with Gasteiger partial charge in [0.2, 0.25) is 10.0 Å². The molecule has 0 saturated carbocycles. The molecule has 0 fully saturated rings. The lowest BCUT2D eigenvalue weighted by Crippen LogP contribution is -2.26. The summed E-state index contributed by atoms with van der Waals surface area (Å²) in [6, 6.07) is 6.95. The topological polar surface area (TPSA) is 75.4 Å². The minimum absolute atomic E-state index is 0.0221. The van der Waals surface area contributed by atoms with Gasteiger partial charge >= 0.3 is 0 Å². The van der Waals surface area contributed by atoms with Crippen LogP contribution in [0.2, 0.25) is 0 Å². The van der Waals surface area contributed by atoms with E-state index in [0.29, 0.717) is 17.8 Å². The predicted octanol–water partition coefficient (Wildman–Crippen LogP) is 1.03. The first-order valence-electron chi connectivity index (χ1n) is 6.35. The lowest BCUT2D eigenvalue weighted by Gasteiger charge is -2.10. The van der Waals surface area contributed by atoms with Gasteiger partial charge in [-0.05, 0) is 51.2 Å². The van der Waals surface area contributed by atoms with Crippen molar-refractivity contribution in [3.05, 3.63) is 29.8 Å². The molecule has 0 aliphatic carbocycles. The lowest BCUT2D eigenvalue weighted by atomic mass is 10.2. The van der Waals surface area contributed by atoms with Gasteiger partial charge in [0.05, 0.1) is 5.75 Å². The van der Waals surface area contributed by atoms with Crippen LogP contribution in [0.4, 0.5) is 5.69 Å². The molecule has 3 N–H and O–H groups in total. The number of nitrogens with zero attached hydrogens (tertiary/aromatic N) is 1. The highest BCUT2D eigenvalue weighted by atomic mass is 32.2. The zero-order valence-electron chi connectivity index (χ0n) is 11.6. The average molecular weight is 285 g/mol. The number of hydrogen-bond donors (Lipinski definition) is 2. The second kappa shape index (κ2) is 7.47. The fourth-order valence-electron chi connectivity index (χ4n) is 1.73. The normalized spacial score (nSPS) is 11.9. The molecule has 5 nitrogen and oxygen atoms in total. The van der Waals surface area contributed by atoms with Gasteiger partial charge in [-0.15, -0.1) is 0 Å². The van der Waals surface area contributed by atoms with Crippen molar-refractivity contribution in [2.45, 2.75) is 18.6 Å². The van der Waals surface area contributed by atoms with Gasteiger partial charge < -0.3 is 10.6 Å². The number of rotatable bonds is 8. The smallest absolute Gasteiger partial charge is 0.215 e. The third kappa shape index (κ3) is 7.15. The fraction of sp³-hybridized carbons (Fsp3) is 0.538. The lowest BCUT2D eigenvalue weighted by molar-refractivity contribution is 0.394. The van der Waals surface area contributed by atoms with Gasteiger partial charge in [0.15, 0.2) is 0 Å². The van der Waals surface area contributed by atoms with Crippen molar-refractivity contribution in [2.24, 2.45) is 0 Å². The Morgan fingerprint density at radius 2 is 2.00 bits per heavy atom. The van der Waals surface area contributed by atoms with Crippen LogP contribution in [0.5, 0.6) is 0 Å². The zero-order valence-corrected chi connectivity index (χ0v) is 12.4. The Morgan fingerprint density at radius 1 is 1.26 bits per heavy atom. The Morgan fingerprint density at radius 3 is 2.63 bits per heavy atom. The number of nitrogens with two attached hydrogens (primary N) is 1. The van der Waals surface area contributed by atoms with Crippen molar-refractivity contribution < 1.29 is 8.42 Å². The third-order valence-electron chi connectivity index (χ3n) is 2.66. The van der Waals surface area contributed by atoms with E-state index in [0.717, 1.165) is 19.4 Å². The maximum Gasteiger partial charge on any atom is 0.215 e. The zero-order chi connectivity index (χ0) is 14.3. The van der Waals surface area contributed by atoms with Gasteiger partial charge in [-0.2, -0.15) is 0 Å². The van der Waals surface area contributed by atoms with Crippen LogP contribution in [-0.4, -0.2) is 40.5 Å². The summed E-state index contributed by atoms with van der Waals surface area (Å²) in [5.41, 5.74) is 6.92. The molecule has 0 saturated heterocycles. The van der Waals surface area contributed by atoms with Crippen molar-refractivity contribution in [3.63, 3.8) is 0 Å². The molecule has 0 atom stereocenters. The number of anilines is 1. The maximum atomic E-state index is 11.8. The molecule has 0 unspecified atom stereocenters. The van der Waals surface area contributed by atoms with E-state index in [1.165, 1.54) is 0 Å². The van der Waals surface area contributed by atoms with Crippen molar-refractivity contribution >= 4 is 15.7 Å².